The zero-order valence-corrected chi connectivity index (χ0v) is 16.3. The van der Waals surface area contributed by atoms with Crippen molar-refractivity contribution in [2.24, 2.45) is 0 Å². The average molecular weight is 440 g/mol. The molecule has 0 saturated carbocycles. The highest BCUT2D eigenvalue weighted by Gasteiger charge is 2.34. The number of halogens is 4. The average Bonchev–Trinajstić information content (AvgIpc) is 3.22. The lowest BCUT2D eigenvalue weighted by atomic mass is 10.1. The van der Waals surface area contributed by atoms with Crippen molar-refractivity contribution in [2.45, 2.75) is 25.1 Å². The first-order chi connectivity index (χ1) is 14.7. The fourth-order valence-corrected chi connectivity index (χ4v) is 3.02. The summed E-state index contributed by atoms with van der Waals surface area (Å²) < 4.78 is 64.0. The van der Waals surface area contributed by atoms with Gasteiger partial charge in [0, 0.05) is 17.9 Å². The Balaban J connectivity index is 1.65. The summed E-state index contributed by atoms with van der Waals surface area (Å²) in [4.78, 5) is 24.2. The van der Waals surface area contributed by atoms with E-state index in [0.717, 1.165) is 31.0 Å². The molecule has 166 valence electrons. The molecule has 1 aliphatic rings. The third-order valence-electron chi connectivity index (χ3n) is 4.52. The molecule has 1 aliphatic heterocycles. The molecule has 1 saturated heterocycles. The van der Waals surface area contributed by atoms with Crippen molar-refractivity contribution in [3.05, 3.63) is 59.4 Å². The van der Waals surface area contributed by atoms with Crippen LogP contribution in [0, 0.1) is 5.82 Å². The van der Waals surface area contributed by atoms with Gasteiger partial charge in [0.25, 0.3) is 5.91 Å². The monoisotopic (exact) mass is 440 g/mol. The van der Waals surface area contributed by atoms with Gasteiger partial charge >= 0.3 is 6.18 Å². The first-order valence-electron chi connectivity index (χ1n) is 9.50. The Morgan fingerprint density at radius 1 is 1.10 bits per heavy atom. The minimum absolute atomic E-state index is 0.0794. The molecule has 0 radical (unpaired) electrons. The molecule has 1 atom stereocenters. The third-order valence-corrected chi connectivity index (χ3v) is 4.52. The van der Waals surface area contributed by atoms with Gasteiger partial charge in [-0.3, -0.25) is 9.59 Å². The fraction of sp³-hybridized carbons (Fsp3) is 0.333. The molecule has 10 heteroatoms. The number of alkyl halides is 3. The molecule has 2 amide bonds. The summed E-state index contributed by atoms with van der Waals surface area (Å²) in [6.07, 6.45) is -3.18. The van der Waals surface area contributed by atoms with Crippen LogP contribution in [0.4, 0.5) is 28.9 Å². The van der Waals surface area contributed by atoms with Gasteiger partial charge in [0.2, 0.25) is 5.91 Å². The second-order valence-electron chi connectivity index (χ2n) is 6.92. The van der Waals surface area contributed by atoms with Crippen LogP contribution in [0.3, 0.4) is 0 Å². The van der Waals surface area contributed by atoms with Crippen LogP contribution in [0.2, 0.25) is 0 Å². The SMILES string of the molecule is O=C(COCC1CCCO1)Nc1ccc(NC(=O)c2ccc(F)cc2)cc1C(F)(F)F. The van der Waals surface area contributed by atoms with Gasteiger partial charge in [-0.2, -0.15) is 13.2 Å². The topological polar surface area (TPSA) is 76.7 Å². The van der Waals surface area contributed by atoms with Crippen LogP contribution < -0.4 is 10.6 Å². The van der Waals surface area contributed by atoms with Crippen molar-refractivity contribution in [3.8, 4) is 0 Å². The molecule has 0 aliphatic carbocycles. The number of carbonyl (C=O) groups excluding carboxylic acids is 2. The highest BCUT2D eigenvalue weighted by molar-refractivity contribution is 6.04. The van der Waals surface area contributed by atoms with E-state index < -0.39 is 41.7 Å². The minimum Gasteiger partial charge on any atom is -0.376 e. The molecule has 1 unspecified atom stereocenters. The van der Waals surface area contributed by atoms with Gasteiger partial charge in [-0.25, -0.2) is 4.39 Å². The van der Waals surface area contributed by atoms with E-state index in [1.807, 2.05) is 0 Å². The smallest absolute Gasteiger partial charge is 0.376 e. The maximum absolute atomic E-state index is 13.5. The summed E-state index contributed by atoms with van der Waals surface area (Å²) in [5.74, 6) is -1.99. The number of ether oxygens (including phenoxy) is 2. The Morgan fingerprint density at radius 2 is 1.84 bits per heavy atom. The number of nitrogens with one attached hydrogen (secondary N) is 2. The lowest BCUT2D eigenvalue weighted by Crippen LogP contribution is -2.24. The van der Waals surface area contributed by atoms with Crippen molar-refractivity contribution in [1.29, 1.82) is 0 Å². The van der Waals surface area contributed by atoms with E-state index in [1.165, 1.54) is 18.2 Å². The molecule has 2 N–H and O–H groups in total. The van der Waals surface area contributed by atoms with Crippen LogP contribution >= 0.6 is 0 Å². The molecule has 31 heavy (non-hydrogen) atoms. The summed E-state index contributed by atoms with van der Waals surface area (Å²) in [5.41, 5.74) is -1.64. The van der Waals surface area contributed by atoms with Gasteiger partial charge in [0.05, 0.1) is 24.0 Å². The van der Waals surface area contributed by atoms with E-state index in [2.05, 4.69) is 10.6 Å². The van der Waals surface area contributed by atoms with E-state index >= 15 is 0 Å². The van der Waals surface area contributed by atoms with Crippen LogP contribution in [0.25, 0.3) is 0 Å². The van der Waals surface area contributed by atoms with E-state index in [0.29, 0.717) is 12.7 Å². The molecule has 0 aromatic heterocycles. The molecule has 3 rings (SSSR count). The first kappa shape index (κ1) is 22.7. The van der Waals surface area contributed by atoms with E-state index in [4.69, 9.17) is 9.47 Å². The van der Waals surface area contributed by atoms with Crippen molar-refractivity contribution < 1.29 is 36.6 Å². The largest absolute Gasteiger partial charge is 0.418 e. The summed E-state index contributed by atoms with van der Waals surface area (Å²) in [7, 11) is 0. The van der Waals surface area contributed by atoms with Gasteiger partial charge in [-0.1, -0.05) is 0 Å². The lowest BCUT2D eigenvalue weighted by molar-refractivity contribution is -0.137. The second kappa shape index (κ2) is 9.88. The predicted octanol–water partition coefficient (Wildman–Crippen LogP) is 4.23. The van der Waals surface area contributed by atoms with Gasteiger partial charge in [0.1, 0.15) is 12.4 Å². The Bertz CT molecular complexity index is 926. The highest BCUT2D eigenvalue weighted by Crippen LogP contribution is 2.36. The van der Waals surface area contributed by atoms with Crippen LogP contribution in [0.15, 0.2) is 42.5 Å². The lowest BCUT2D eigenvalue weighted by Gasteiger charge is -2.16. The van der Waals surface area contributed by atoms with Crippen molar-refractivity contribution in [3.63, 3.8) is 0 Å². The molecule has 2 aromatic carbocycles. The Kier molecular flexibility index (Phi) is 7.24. The molecule has 1 heterocycles. The van der Waals surface area contributed by atoms with Crippen molar-refractivity contribution in [2.75, 3.05) is 30.5 Å². The Morgan fingerprint density at radius 3 is 2.48 bits per heavy atom. The number of hydrogen-bond donors (Lipinski definition) is 2. The molecule has 1 fully saturated rings. The third kappa shape index (κ3) is 6.50. The minimum atomic E-state index is -4.78. The first-order valence-corrected chi connectivity index (χ1v) is 9.50. The summed E-state index contributed by atoms with van der Waals surface area (Å²) in [6, 6.07) is 7.52. The zero-order valence-electron chi connectivity index (χ0n) is 16.3. The quantitative estimate of drug-likeness (QED) is 0.632. The number of hydrogen-bond acceptors (Lipinski definition) is 4. The summed E-state index contributed by atoms with van der Waals surface area (Å²) in [6.45, 7) is 0.396. The second-order valence-corrected chi connectivity index (χ2v) is 6.92. The van der Waals surface area contributed by atoms with Crippen LogP contribution in [-0.2, 0) is 20.4 Å². The molecule has 2 aromatic rings. The molecular weight excluding hydrogens is 420 g/mol. The maximum atomic E-state index is 13.5. The van der Waals surface area contributed by atoms with Crippen LogP contribution in [-0.4, -0.2) is 37.7 Å². The molecule has 6 nitrogen and oxygen atoms in total. The normalized spacial score (nSPS) is 16.2. The fourth-order valence-electron chi connectivity index (χ4n) is 3.02. The van der Waals surface area contributed by atoms with Gasteiger partial charge < -0.3 is 20.1 Å². The van der Waals surface area contributed by atoms with Crippen molar-refractivity contribution in [1.82, 2.24) is 0 Å². The Labute approximate surface area is 175 Å². The molecular formula is C21H20F4N2O4. The van der Waals surface area contributed by atoms with Crippen LogP contribution in [0.5, 0.6) is 0 Å². The number of anilines is 2. The Hall–Kier alpha value is -2.98. The standard InChI is InChI=1S/C21H20F4N2O4/c22-14-5-3-13(4-6-14)20(29)26-15-7-8-18(17(10-15)21(23,24)25)27-19(28)12-30-11-16-2-1-9-31-16/h3-8,10,16H,1-2,9,11-12H2,(H,26,29)(H,27,28). The molecule has 0 spiro atoms. The van der Waals surface area contributed by atoms with Gasteiger partial charge in [-0.15, -0.1) is 0 Å². The van der Waals surface area contributed by atoms with Crippen molar-refractivity contribution >= 4 is 23.2 Å². The van der Waals surface area contributed by atoms with Crippen LogP contribution in [0.1, 0.15) is 28.8 Å². The van der Waals surface area contributed by atoms with Gasteiger partial charge in [0.15, 0.2) is 0 Å². The number of carbonyl (C=O) groups is 2. The van der Waals surface area contributed by atoms with E-state index in [-0.39, 0.29) is 24.0 Å². The van der Waals surface area contributed by atoms with E-state index in [1.54, 1.807) is 0 Å². The van der Waals surface area contributed by atoms with E-state index in [9.17, 15) is 27.2 Å². The summed E-state index contributed by atoms with van der Waals surface area (Å²) >= 11 is 0. The predicted molar refractivity (Wildman–Crippen MR) is 104 cm³/mol. The number of benzene rings is 2. The number of rotatable bonds is 7. The highest BCUT2D eigenvalue weighted by atomic mass is 19.4. The summed E-state index contributed by atoms with van der Waals surface area (Å²) in [5, 5.41) is 4.51. The van der Waals surface area contributed by atoms with Gasteiger partial charge in [-0.05, 0) is 55.3 Å². The zero-order chi connectivity index (χ0) is 22.4. The maximum Gasteiger partial charge on any atom is 0.418 e. The number of amides is 2. The molecule has 0 bridgehead atoms.